The van der Waals surface area contributed by atoms with Crippen molar-refractivity contribution < 1.29 is 37.6 Å². The molecule has 2 aromatic rings. The topological polar surface area (TPSA) is 157 Å². The van der Waals surface area contributed by atoms with Crippen molar-refractivity contribution in [2.24, 2.45) is 17.8 Å². The number of benzene rings is 1. The van der Waals surface area contributed by atoms with Crippen molar-refractivity contribution >= 4 is 35.6 Å². The van der Waals surface area contributed by atoms with Gasteiger partial charge in [0.15, 0.2) is 11.5 Å². The highest BCUT2D eigenvalue weighted by Gasteiger charge is 2.32. The minimum Gasteiger partial charge on any atom is -0.462 e. The maximum atomic E-state index is 13.8. The smallest absolute Gasteiger partial charge is 0.333 e. The van der Waals surface area contributed by atoms with E-state index in [1.165, 1.54) is 30.3 Å². The van der Waals surface area contributed by atoms with Gasteiger partial charge in [-0.2, -0.15) is 0 Å². The van der Waals surface area contributed by atoms with Crippen LogP contribution in [0.25, 0.3) is 6.08 Å². The Bertz CT molecular complexity index is 1450. The van der Waals surface area contributed by atoms with E-state index in [0.29, 0.717) is 36.3 Å². The Morgan fingerprint density at radius 1 is 1.16 bits per heavy atom. The summed E-state index contributed by atoms with van der Waals surface area (Å²) < 4.78 is 23.5. The Morgan fingerprint density at radius 2 is 1.91 bits per heavy atom. The lowest BCUT2D eigenvalue weighted by atomic mass is 9.90. The molecular weight excluding hydrogens is 571 g/mol. The van der Waals surface area contributed by atoms with Crippen molar-refractivity contribution in [1.82, 2.24) is 21.1 Å². The van der Waals surface area contributed by atoms with Gasteiger partial charge in [0.25, 0.3) is 5.91 Å². The highest BCUT2D eigenvalue weighted by molar-refractivity contribution is 5.98. The molecule has 2 aliphatic rings. The lowest BCUT2D eigenvalue weighted by Gasteiger charge is -2.24. The van der Waals surface area contributed by atoms with Crippen LogP contribution in [0.5, 0.6) is 0 Å². The molecule has 12 heteroatoms. The SMILES string of the molecule is Cc1cc(C(=O)N[C@H](C(=O)CC(/C=C/c2ccc(F)cc2)C(=O)N[C@H](/C=C2\CCOC2=O)C[C@@H]2CCNC2=O)C(C)C)no1. The van der Waals surface area contributed by atoms with E-state index < -0.39 is 41.6 Å². The fraction of sp³-hybridized carbons (Fsp3) is 0.438. The van der Waals surface area contributed by atoms with Crippen LogP contribution < -0.4 is 16.0 Å². The van der Waals surface area contributed by atoms with Crippen LogP contribution >= 0.6 is 0 Å². The number of aryl methyl sites for hydroxylation is 1. The minimum atomic E-state index is -0.992. The van der Waals surface area contributed by atoms with Gasteiger partial charge in [-0.05, 0) is 43.4 Å². The van der Waals surface area contributed by atoms with Crippen LogP contribution in [0.4, 0.5) is 4.39 Å². The van der Waals surface area contributed by atoms with Crippen LogP contribution in [0.15, 0.2) is 52.6 Å². The Kier molecular flexibility index (Phi) is 10.8. The number of carbonyl (C=O) groups excluding carboxylic acids is 5. The number of ketones is 1. The molecule has 4 rings (SSSR count). The predicted molar refractivity (Wildman–Crippen MR) is 157 cm³/mol. The number of cyclic esters (lactones) is 1. The van der Waals surface area contributed by atoms with E-state index in [0.717, 1.165) is 0 Å². The number of Topliss-reactive ketones (excluding diaryl/α,β-unsaturated/α-hetero) is 1. The number of carbonyl (C=O) groups is 5. The monoisotopic (exact) mass is 608 g/mol. The van der Waals surface area contributed by atoms with Crippen LogP contribution in [0, 0.1) is 30.5 Å². The van der Waals surface area contributed by atoms with Gasteiger partial charge in [0.05, 0.1) is 18.6 Å². The van der Waals surface area contributed by atoms with Crippen LogP contribution in [-0.4, -0.2) is 59.9 Å². The molecule has 2 saturated heterocycles. The lowest BCUT2D eigenvalue weighted by Crippen LogP contribution is -2.46. The zero-order chi connectivity index (χ0) is 31.8. The number of rotatable bonds is 13. The molecule has 4 atom stereocenters. The van der Waals surface area contributed by atoms with Gasteiger partial charge in [-0.15, -0.1) is 0 Å². The van der Waals surface area contributed by atoms with Crippen molar-refractivity contribution in [2.45, 2.75) is 58.5 Å². The fourth-order valence-electron chi connectivity index (χ4n) is 5.18. The molecule has 234 valence electrons. The number of amides is 3. The first-order valence-electron chi connectivity index (χ1n) is 14.7. The largest absolute Gasteiger partial charge is 0.462 e. The molecule has 11 nitrogen and oxygen atoms in total. The number of hydrogen-bond acceptors (Lipinski definition) is 8. The highest BCUT2D eigenvalue weighted by atomic mass is 19.1. The fourth-order valence-corrected chi connectivity index (χ4v) is 5.18. The summed E-state index contributed by atoms with van der Waals surface area (Å²) in [5.41, 5.74) is 1.05. The maximum absolute atomic E-state index is 13.8. The second kappa shape index (κ2) is 14.7. The van der Waals surface area contributed by atoms with Gasteiger partial charge < -0.3 is 25.2 Å². The van der Waals surface area contributed by atoms with Crippen molar-refractivity contribution in [3.63, 3.8) is 0 Å². The standard InChI is InChI=1S/C32H37FN4O7/c1-18(2)28(36-31(41)26-14-19(3)44-37-26)27(38)17-21(7-4-20-5-8-24(33)9-6-20)30(40)35-25(15-22-10-12-34-29(22)39)16-23-11-13-43-32(23)42/h4-9,14,16,18,21-22,25,28H,10-13,15,17H2,1-3H3,(H,34,39)(H,35,40)(H,36,41)/b7-4+,23-16+/t21?,22-,25-,28-/m0/s1. The zero-order valence-electron chi connectivity index (χ0n) is 24.9. The first-order chi connectivity index (χ1) is 21.0. The van der Waals surface area contributed by atoms with E-state index in [-0.39, 0.29) is 48.7 Å². The average molecular weight is 609 g/mol. The highest BCUT2D eigenvalue weighted by Crippen LogP contribution is 2.22. The number of nitrogens with zero attached hydrogens (tertiary/aromatic N) is 1. The normalized spacial score (nSPS) is 19.6. The molecule has 0 saturated carbocycles. The second-order valence-electron chi connectivity index (χ2n) is 11.4. The maximum Gasteiger partial charge on any atom is 0.333 e. The third-order valence-corrected chi connectivity index (χ3v) is 7.61. The Labute approximate surface area is 254 Å². The number of ether oxygens (including phenoxy) is 1. The Morgan fingerprint density at radius 3 is 2.50 bits per heavy atom. The molecule has 1 aromatic heterocycles. The molecule has 3 amide bonds. The quantitative estimate of drug-likeness (QED) is 0.231. The van der Waals surface area contributed by atoms with E-state index >= 15 is 0 Å². The van der Waals surface area contributed by atoms with Crippen molar-refractivity contribution in [2.75, 3.05) is 13.2 Å². The summed E-state index contributed by atoms with van der Waals surface area (Å²) in [5, 5.41) is 12.1. The first kappa shape index (κ1) is 32.3. The van der Waals surface area contributed by atoms with E-state index in [1.807, 2.05) is 0 Å². The summed E-state index contributed by atoms with van der Waals surface area (Å²) in [5.74, 6) is -3.71. The van der Waals surface area contributed by atoms with Crippen molar-refractivity contribution in [3.05, 3.63) is 70.9 Å². The van der Waals surface area contributed by atoms with Crippen LogP contribution in [0.2, 0.25) is 0 Å². The molecule has 2 aliphatic heterocycles. The van der Waals surface area contributed by atoms with Gasteiger partial charge in [0, 0.05) is 43.0 Å². The molecule has 2 fully saturated rings. The van der Waals surface area contributed by atoms with Gasteiger partial charge in [-0.1, -0.05) is 49.4 Å². The Balaban J connectivity index is 1.57. The second-order valence-corrected chi connectivity index (χ2v) is 11.4. The van der Waals surface area contributed by atoms with Crippen molar-refractivity contribution in [1.29, 1.82) is 0 Å². The van der Waals surface area contributed by atoms with E-state index in [4.69, 9.17) is 9.26 Å². The predicted octanol–water partition coefficient (Wildman–Crippen LogP) is 3.05. The van der Waals surface area contributed by atoms with E-state index in [9.17, 15) is 28.4 Å². The number of hydrogen-bond donors (Lipinski definition) is 3. The molecule has 0 spiro atoms. The minimum absolute atomic E-state index is 0.0312. The van der Waals surface area contributed by atoms with Crippen LogP contribution in [0.1, 0.15) is 61.3 Å². The third-order valence-electron chi connectivity index (χ3n) is 7.61. The van der Waals surface area contributed by atoms with E-state index in [2.05, 4.69) is 21.1 Å². The molecule has 3 heterocycles. The third kappa shape index (κ3) is 8.71. The Hall–Kier alpha value is -4.61. The molecular formula is C32H37FN4O7. The molecule has 3 N–H and O–H groups in total. The van der Waals surface area contributed by atoms with Gasteiger partial charge in [0.2, 0.25) is 11.8 Å². The lowest BCUT2D eigenvalue weighted by molar-refractivity contribution is -0.135. The number of aromatic nitrogens is 1. The van der Waals surface area contributed by atoms with Crippen LogP contribution in [-0.2, 0) is 23.9 Å². The first-order valence-corrected chi connectivity index (χ1v) is 14.7. The summed E-state index contributed by atoms with van der Waals surface area (Å²) in [4.78, 5) is 64.7. The molecule has 0 bridgehead atoms. The summed E-state index contributed by atoms with van der Waals surface area (Å²) in [7, 11) is 0. The van der Waals surface area contributed by atoms with Crippen molar-refractivity contribution in [3.8, 4) is 0 Å². The van der Waals surface area contributed by atoms with Crippen LogP contribution in [0.3, 0.4) is 0 Å². The summed E-state index contributed by atoms with van der Waals surface area (Å²) in [6.45, 7) is 5.95. The zero-order valence-corrected chi connectivity index (χ0v) is 24.9. The summed E-state index contributed by atoms with van der Waals surface area (Å²) >= 11 is 0. The summed E-state index contributed by atoms with van der Waals surface area (Å²) in [6.07, 6.45) is 5.76. The van der Waals surface area contributed by atoms with Gasteiger partial charge in [-0.25, -0.2) is 9.18 Å². The van der Waals surface area contributed by atoms with Gasteiger partial charge >= 0.3 is 5.97 Å². The van der Waals surface area contributed by atoms with E-state index in [1.54, 1.807) is 39.0 Å². The molecule has 44 heavy (non-hydrogen) atoms. The van der Waals surface area contributed by atoms with Gasteiger partial charge in [0.1, 0.15) is 11.6 Å². The number of nitrogens with one attached hydrogen (secondary N) is 3. The number of halogens is 1. The number of esters is 1. The molecule has 0 radical (unpaired) electrons. The van der Waals surface area contributed by atoms with Gasteiger partial charge in [-0.3, -0.25) is 19.2 Å². The average Bonchev–Trinajstić information content (AvgIpc) is 3.71. The molecule has 0 aliphatic carbocycles. The molecule has 1 unspecified atom stereocenters. The molecule has 1 aromatic carbocycles. The summed E-state index contributed by atoms with van der Waals surface area (Å²) in [6, 6.07) is 5.50.